The largest absolute Gasteiger partial charge is 0.312 e. The van der Waals surface area contributed by atoms with Gasteiger partial charge in [0.05, 0.1) is 0 Å². The van der Waals surface area contributed by atoms with Gasteiger partial charge in [-0.25, -0.2) is 0 Å². The molecule has 1 saturated heterocycles. The van der Waals surface area contributed by atoms with Crippen LogP contribution in [0.2, 0.25) is 5.02 Å². The molecule has 124 valence electrons. The van der Waals surface area contributed by atoms with Crippen molar-refractivity contribution in [3.8, 4) is 0 Å². The fourth-order valence-corrected chi connectivity index (χ4v) is 4.12. The molecule has 3 aromatic rings. The molecule has 1 unspecified atom stereocenters. The Morgan fingerprint density at radius 1 is 1.38 bits per heavy atom. The average molecular weight is 362 g/mol. The monoisotopic (exact) mass is 361 g/mol. The van der Waals surface area contributed by atoms with Crippen molar-refractivity contribution in [1.29, 1.82) is 0 Å². The Morgan fingerprint density at radius 2 is 2.25 bits per heavy atom. The molecule has 0 aliphatic carbocycles. The van der Waals surface area contributed by atoms with E-state index < -0.39 is 0 Å². The minimum absolute atomic E-state index is 0.0812. The van der Waals surface area contributed by atoms with Crippen molar-refractivity contribution in [1.82, 2.24) is 19.8 Å². The number of anilines is 1. The quantitative estimate of drug-likeness (QED) is 0.715. The smallest absolute Gasteiger partial charge is 0.234 e. The van der Waals surface area contributed by atoms with Crippen LogP contribution in [0.4, 0.5) is 5.69 Å². The van der Waals surface area contributed by atoms with Gasteiger partial charge in [-0.1, -0.05) is 35.9 Å². The lowest BCUT2D eigenvalue weighted by molar-refractivity contribution is -0.117. The lowest BCUT2D eigenvalue weighted by atomic mass is 10.1. The maximum absolute atomic E-state index is 12.4. The SMILES string of the molecule is CCCc1nnc2sc(C3CC(=O)N(c4cccc(Cl)c4)C3)nn12. The number of hydrogen-bond acceptors (Lipinski definition) is 5. The molecular formula is C16H16ClN5OS. The number of hydrogen-bond donors (Lipinski definition) is 0. The van der Waals surface area contributed by atoms with Gasteiger partial charge in [0.25, 0.3) is 0 Å². The van der Waals surface area contributed by atoms with Gasteiger partial charge < -0.3 is 4.90 Å². The van der Waals surface area contributed by atoms with E-state index >= 15 is 0 Å². The molecule has 4 rings (SSSR count). The predicted octanol–water partition coefficient (Wildman–Crippen LogP) is 3.31. The number of amides is 1. The molecule has 0 radical (unpaired) electrons. The van der Waals surface area contributed by atoms with Crippen LogP contribution in [-0.4, -0.2) is 32.3 Å². The summed E-state index contributed by atoms with van der Waals surface area (Å²) in [5.74, 6) is 1.06. The van der Waals surface area contributed by atoms with Crippen LogP contribution in [0.25, 0.3) is 4.96 Å². The van der Waals surface area contributed by atoms with Crippen molar-refractivity contribution in [2.75, 3.05) is 11.4 Å². The van der Waals surface area contributed by atoms with Crippen molar-refractivity contribution in [3.05, 3.63) is 40.1 Å². The van der Waals surface area contributed by atoms with Crippen molar-refractivity contribution < 1.29 is 4.79 Å². The Morgan fingerprint density at radius 3 is 3.04 bits per heavy atom. The highest BCUT2D eigenvalue weighted by molar-refractivity contribution is 7.16. The van der Waals surface area contributed by atoms with Crippen molar-refractivity contribution in [2.45, 2.75) is 32.1 Å². The highest BCUT2D eigenvalue weighted by Crippen LogP contribution is 2.34. The number of benzene rings is 1. The first-order valence-electron chi connectivity index (χ1n) is 7.92. The zero-order valence-corrected chi connectivity index (χ0v) is 14.7. The van der Waals surface area contributed by atoms with Crippen molar-refractivity contribution >= 4 is 39.5 Å². The number of nitrogens with zero attached hydrogens (tertiary/aromatic N) is 5. The second-order valence-electron chi connectivity index (χ2n) is 5.89. The van der Waals surface area contributed by atoms with Crippen LogP contribution in [0, 0.1) is 0 Å². The van der Waals surface area contributed by atoms with E-state index in [1.165, 1.54) is 11.3 Å². The van der Waals surface area contributed by atoms with Crippen LogP contribution in [0.1, 0.15) is 36.5 Å². The molecule has 1 aliphatic rings. The topological polar surface area (TPSA) is 63.4 Å². The molecule has 2 aromatic heterocycles. The summed E-state index contributed by atoms with van der Waals surface area (Å²) in [7, 11) is 0. The van der Waals surface area contributed by atoms with Gasteiger partial charge in [0, 0.05) is 36.0 Å². The minimum Gasteiger partial charge on any atom is -0.312 e. The summed E-state index contributed by atoms with van der Waals surface area (Å²) in [5.41, 5.74) is 0.838. The molecule has 1 atom stereocenters. The average Bonchev–Trinajstić information content (AvgIpc) is 3.23. The second kappa shape index (κ2) is 6.14. The first-order chi connectivity index (χ1) is 11.7. The van der Waals surface area contributed by atoms with E-state index in [-0.39, 0.29) is 11.8 Å². The van der Waals surface area contributed by atoms with Crippen LogP contribution in [0.5, 0.6) is 0 Å². The molecule has 1 aromatic carbocycles. The third-order valence-electron chi connectivity index (χ3n) is 4.14. The molecule has 3 heterocycles. The van der Waals surface area contributed by atoms with E-state index in [1.807, 2.05) is 22.7 Å². The van der Waals surface area contributed by atoms with Crippen molar-refractivity contribution in [2.24, 2.45) is 0 Å². The molecule has 0 bridgehead atoms. The number of fused-ring (bicyclic) bond motifs is 1. The summed E-state index contributed by atoms with van der Waals surface area (Å²) in [6, 6.07) is 7.39. The van der Waals surface area contributed by atoms with Crippen LogP contribution < -0.4 is 4.90 Å². The lowest BCUT2D eigenvalue weighted by Crippen LogP contribution is -2.24. The van der Waals surface area contributed by atoms with E-state index in [0.29, 0.717) is 18.0 Å². The zero-order chi connectivity index (χ0) is 16.7. The standard InChI is InChI=1S/C16H16ClN5OS/c1-2-4-13-18-19-16-22(13)20-15(24-16)10-7-14(23)21(9-10)12-6-3-5-11(17)8-12/h3,5-6,8,10H,2,4,7,9H2,1H3. The summed E-state index contributed by atoms with van der Waals surface area (Å²) < 4.78 is 1.82. The number of carbonyl (C=O) groups is 1. The maximum Gasteiger partial charge on any atom is 0.234 e. The Kier molecular flexibility index (Phi) is 3.97. The molecule has 0 N–H and O–H groups in total. The van der Waals surface area contributed by atoms with E-state index in [0.717, 1.165) is 34.3 Å². The number of carbonyl (C=O) groups excluding carboxylic acids is 1. The first kappa shape index (κ1) is 15.5. The molecule has 6 nitrogen and oxygen atoms in total. The highest BCUT2D eigenvalue weighted by Gasteiger charge is 2.34. The molecule has 8 heteroatoms. The van der Waals surface area contributed by atoms with Gasteiger partial charge in [-0.15, -0.1) is 10.2 Å². The lowest BCUT2D eigenvalue weighted by Gasteiger charge is -2.16. The first-order valence-corrected chi connectivity index (χ1v) is 9.12. The minimum atomic E-state index is 0.0812. The summed E-state index contributed by atoms with van der Waals surface area (Å²) in [4.78, 5) is 15.0. The number of halogens is 1. The molecule has 24 heavy (non-hydrogen) atoms. The van der Waals surface area contributed by atoms with E-state index in [9.17, 15) is 4.79 Å². The Labute approximate surface area is 148 Å². The van der Waals surface area contributed by atoms with Gasteiger partial charge in [0.2, 0.25) is 10.9 Å². The second-order valence-corrected chi connectivity index (χ2v) is 7.31. The molecule has 1 aliphatic heterocycles. The maximum atomic E-state index is 12.4. The normalized spacial score (nSPS) is 18.0. The Hall–Kier alpha value is -1.99. The van der Waals surface area contributed by atoms with Crippen molar-refractivity contribution in [3.63, 3.8) is 0 Å². The molecular weight excluding hydrogens is 346 g/mol. The zero-order valence-electron chi connectivity index (χ0n) is 13.1. The molecule has 1 amide bonds. The van der Waals surface area contributed by atoms with Crippen LogP contribution in [-0.2, 0) is 11.2 Å². The van der Waals surface area contributed by atoms with Crippen LogP contribution in [0.15, 0.2) is 24.3 Å². The fourth-order valence-electron chi connectivity index (χ4n) is 2.98. The summed E-state index contributed by atoms with van der Waals surface area (Å²) in [5, 5.41) is 14.6. The van der Waals surface area contributed by atoms with E-state index in [1.54, 1.807) is 11.0 Å². The number of rotatable bonds is 4. The van der Waals surface area contributed by atoms with Gasteiger partial charge in [-0.05, 0) is 24.6 Å². The van der Waals surface area contributed by atoms with Crippen LogP contribution >= 0.6 is 22.9 Å². The third kappa shape index (κ3) is 2.67. The molecule has 0 saturated carbocycles. The van der Waals surface area contributed by atoms with E-state index in [2.05, 4.69) is 22.2 Å². The summed E-state index contributed by atoms with van der Waals surface area (Å²) >= 11 is 7.56. The predicted molar refractivity (Wildman–Crippen MR) is 93.8 cm³/mol. The van der Waals surface area contributed by atoms with Gasteiger partial charge in [0.15, 0.2) is 5.82 Å². The van der Waals surface area contributed by atoms with E-state index in [4.69, 9.17) is 11.6 Å². The van der Waals surface area contributed by atoms with Gasteiger partial charge in [-0.2, -0.15) is 9.61 Å². The van der Waals surface area contributed by atoms with Gasteiger partial charge >= 0.3 is 0 Å². The Balaban J connectivity index is 1.60. The van der Waals surface area contributed by atoms with Gasteiger partial charge in [-0.3, -0.25) is 4.79 Å². The summed E-state index contributed by atoms with van der Waals surface area (Å²) in [6.07, 6.45) is 2.31. The fraction of sp³-hybridized carbons (Fsp3) is 0.375. The highest BCUT2D eigenvalue weighted by atomic mass is 35.5. The summed E-state index contributed by atoms with van der Waals surface area (Å²) in [6.45, 7) is 2.72. The van der Waals surface area contributed by atoms with Crippen LogP contribution in [0.3, 0.4) is 0 Å². The number of aromatic nitrogens is 4. The van der Waals surface area contributed by atoms with Gasteiger partial charge in [0.1, 0.15) is 5.01 Å². The molecule has 1 fully saturated rings. The number of aryl methyl sites for hydroxylation is 1. The Bertz CT molecular complexity index is 905. The molecule has 0 spiro atoms. The third-order valence-corrected chi connectivity index (χ3v) is 5.44.